The number of carboxylic acids is 1. The Bertz CT molecular complexity index is 441. The zero-order valence-corrected chi connectivity index (χ0v) is 11.2. The van der Waals surface area contributed by atoms with Gasteiger partial charge in [-0.2, -0.15) is 4.98 Å². The number of carboxylic acid groups (broad SMARTS) is 1. The Morgan fingerprint density at radius 1 is 1.42 bits per heavy atom. The van der Waals surface area contributed by atoms with Gasteiger partial charge >= 0.3 is 5.97 Å². The van der Waals surface area contributed by atoms with Gasteiger partial charge in [-0.15, -0.1) is 0 Å². The van der Waals surface area contributed by atoms with Gasteiger partial charge < -0.3 is 16.2 Å². The van der Waals surface area contributed by atoms with Gasteiger partial charge in [0.15, 0.2) is 0 Å². The largest absolute Gasteiger partial charge is 0.481 e. The number of anilines is 2. The molecule has 0 aliphatic heterocycles. The lowest BCUT2D eigenvalue weighted by Crippen LogP contribution is -2.25. The summed E-state index contributed by atoms with van der Waals surface area (Å²) in [6.45, 7) is 0.714. The molecule has 0 spiro atoms. The summed E-state index contributed by atoms with van der Waals surface area (Å²) >= 11 is 5.79. The molecule has 4 N–H and O–H groups in total. The van der Waals surface area contributed by atoms with Gasteiger partial charge in [-0.25, -0.2) is 4.98 Å². The number of nitrogens with two attached hydrogens (primary N) is 1. The minimum Gasteiger partial charge on any atom is -0.481 e. The molecule has 1 aromatic heterocycles. The molecule has 1 aromatic rings. The summed E-state index contributed by atoms with van der Waals surface area (Å²) in [6, 6.07) is 1.49. The van der Waals surface area contributed by atoms with Gasteiger partial charge in [-0.05, 0) is 31.6 Å². The van der Waals surface area contributed by atoms with Crippen molar-refractivity contribution in [3.8, 4) is 0 Å². The van der Waals surface area contributed by atoms with Crippen molar-refractivity contribution in [2.75, 3.05) is 17.6 Å². The molecule has 6 nitrogen and oxygen atoms in total. The number of aliphatic carboxylic acids is 1. The van der Waals surface area contributed by atoms with Crippen LogP contribution in [0.2, 0.25) is 5.15 Å². The maximum absolute atomic E-state index is 10.9. The third-order valence-corrected chi connectivity index (χ3v) is 3.65. The first kappa shape index (κ1) is 13.9. The van der Waals surface area contributed by atoms with E-state index in [4.69, 9.17) is 22.4 Å². The minimum absolute atomic E-state index is 0.186. The number of nitrogens with zero attached hydrogens (tertiary/aromatic N) is 2. The molecule has 1 fully saturated rings. The molecule has 104 valence electrons. The van der Waals surface area contributed by atoms with Gasteiger partial charge in [-0.3, -0.25) is 4.79 Å². The van der Waals surface area contributed by atoms with Crippen molar-refractivity contribution in [1.82, 2.24) is 9.97 Å². The van der Waals surface area contributed by atoms with E-state index in [-0.39, 0.29) is 5.92 Å². The fourth-order valence-electron chi connectivity index (χ4n) is 2.36. The first-order valence-corrected chi connectivity index (χ1v) is 6.69. The van der Waals surface area contributed by atoms with E-state index in [1.165, 1.54) is 6.07 Å². The van der Waals surface area contributed by atoms with Crippen LogP contribution in [0.1, 0.15) is 25.7 Å². The van der Waals surface area contributed by atoms with Gasteiger partial charge in [0.25, 0.3) is 0 Å². The quantitative estimate of drug-likeness (QED) is 0.731. The Hall–Kier alpha value is -1.56. The maximum Gasteiger partial charge on any atom is 0.306 e. The number of halogens is 1. The monoisotopic (exact) mass is 284 g/mol. The van der Waals surface area contributed by atoms with E-state index >= 15 is 0 Å². The van der Waals surface area contributed by atoms with Crippen LogP contribution in [-0.4, -0.2) is 27.6 Å². The van der Waals surface area contributed by atoms with Crippen LogP contribution in [0, 0.1) is 11.8 Å². The second-order valence-corrected chi connectivity index (χ2v) is 5.26. The molecule has 1 aliphatic carbocycles. The maximum atomic E-state index is 10.9. The van der Waals surface area contributed by atoms with E-state index in [0.717, 1.165) is 25.7 Å². The molecule has 1 aliphatic rings. The van der Waals surface area contributed by atoms with Crippen LogP contribution >= 0.6 is 11.6 Å². The van der Waals surface area contributed by atoms with Crippen LogP contribution in [0.4, 0.5) is 11.8 Å². The fourth-order valence-corrected chi connectivity index (χ4v) is 2.56. The fraction of sp³-hybridized carbons (Fsp3) is 0.583. The van der Waals surface area contributed by atoms with E-state index in [2.05, 4.69) is 15.3 Å². The van der Waals surface area contributed by atoms with E-state index in [0.29, 0.717) is 29.4 Å². The summed E-state index contributed by atoms with van der Waals surface area (Å²) in [5, 5.41) is 12.3. The number of hydrogen-bond donors (Lipinski definition) is 3. The molecule has 2 rings (SSSR count). The molecule has 1 saturated carbocycles. The van der Waals surface area contributed by atoms with Gasteiger partial charge in [0.05, 0.1) is 5.92 Å². The predicted molar refractivity (Wildman–Crippen MR) is 73.0 cm³/mol. The van der Waals surface area contributed by atoms with Crippen molar-refractivity contribution in [2.45, 2.75) is 25.7 Å². The SMILES string of the molecule is Nc1cc(Cl)nc(NCC2CCC(C(=O)O)CC2)n1. The average Bonchev–Trinajstić information content (AvgIpc) is 2.36. The van der Waals surface area contributed by atoms with Gasteiger partial charge in [-0.1, -0.05) is 11.6 Å². The van der Waals surface area contributed by atoms with Crippen molar-refractivity contribution in [3.63, 3.8) is 0 Å². The summed E-state index contributed by atoms with van der Waals surface area (Å²) in [5.41, 5.74) is 5.58. The van der Waals surface area contributed by atoms with E-state index in [9.17, 15) is 4.79 Å². The number of nitrogen functional groups attached to an aromatic ring is 1. The van der Waals surface area contributed by atoms with Gasteiger partial charge in [0.2, 0.25) is 5.95 Å². The number of nitrogens with one attached hydrogen (secondary N) is 1. The normalized spacial score (nSPS) is 23.0. The van der Waals surface area contributed by atoms with E-state index < -0.39 is 5.97 Å². The van der Waals surface area contributed by atoms with Crippen molar-refractivity contribution in [3.05, 3.63) is 11.2 Å². The number of aromatic nitrogens is 2. The molecule has 0 aromatic carbocycles. The van der Waals surface area contributed by atoms with Crippen molar-refractivity contribution < 1.29 is 9.90 Å². The molecular weight excluding hydrogens is 268 g/mol. The number of hydrogen-bond acceptors (Lipinski definition) is 5. The smallest absolute Gasteiger partial charge is 0.306 e. The summed E-state index contributed by atoms with van der Waals surface area (Å²) in [4.78, 5) is 18.9. The molecular formula is C12H17ClN4O2. The van der Waals surface area contributed by atoms with Crippen LogP contribution in [-0.2, 0) is 4.79 Å². The highest BCUT2D eigenvalue weighted by molar-refractivity contribution is 6.29. The zero-order valence-electron chi connectivity index (χ0n) is 10.5. The van der Waals surface area contributed by atoms with E-state index in [1.54, 1.807) is 0 Å². The first-order valence-electron chi connectivity index (χ1n) is 6.31. The van der Waals surface area contributed by atoms with Crippen LogP contribution in [0.15, 0.2) is 6.07 Å². The molecule has 0 atom stereocenters. The second kappa shape index (κ2) is 6.06. The first-order chi connectivity index (χ1) is 9.04. The summed E-state index contributed by atoms with van der Waals surface area (Å²) in [6.07, 6.45) is 3.28. The Morgan fingerprint density at radius 3 is 2.68 bits per heavy atom. The zero-order chi connectivity index (χ0) is 13.8. The highest BCUT2D eigenvalue weighted by Gasteiger charge is 2.25. The molecule has 0 unspecified atom stereocenters. The predicted octanol–water partition coefficient (Wildman–Crippen LogP) is 2.02. The van der Waals surface area contributed by atoms with E-state index in [1.807, 2.05) is 0 Å². The lowest BCUT2D eigenvalue weighted by molar-refractivity contribution is -0.143. The van der Waals surface area contributed by atoms with Gasteiger partial charge in [0.1, 0.15) is 11.0 Å². The Morgan fingerprint density at radius 2 is 2.11 bits per heavy atom. The van der Waals surface area contributed by atoms with Crippen molar-refractivity contribution in [2.24, 2.45) is 11.8 Å². The number of carbonyl (C=O) groups is 1. The summed E-state index contributed by atoms with van der Waals surface area (Å²) in [5.74, 6) is 0.327. The van der Waals surface area contributed by atoms with Crippen LogP contribution < -0.4 is 11.1 Å². The Balaban J connectivity index is 1.82. The standard InChI is InChI=1S/C12H17ClN4O2/c13-9-5-10(14)17-12(16-9)15-6-7-1-3-8(4-2-7)11(18)19/h5,7-8H,1-4,6H2,(H,18,19)(H3,14,15,16,17). The third kappa shape index (κ3) is 3.96. The Labute approximate surface area is 116 Å². The second-order valence-electron chi connectivity index (χ2n) is 4.88. The lowest BCUT2D eigenvalue weighted by atomic mass is 9.82. The molecule has 19 heavy (non-hydrogen) atoms. The van der Waals surface area contributed by atoms with Crippen molar-refractivity contribution >= 4 is 29.3 Å². The molecule has 0 bridgehead atoms. The highest BCUT2D eigenvalue weighted by Crippen LogP contribution is 2.29. The summed E-state index contributed by atoms with van der Waals surface area (Å²) < 4.78 is 0. The third-order valence-electron chi connectivity index (χ3n) is 3.46. The molecule has 1 heterocycles. The molecule has 0 radical (unpaired) electrons. The minimum atomic E-state index is -0.683. The van der Waals surface area contributed by atoms with Crippen LogP contribution in [0.25, 0.3) is 0 Å². The topological polar surface area (TPSA) is 101 Å². The highest BCUT2D eigenvalue weighted by atomic mass is 35.5. The molecule has 7 heteroatoms. The van der Waals surface area contributed by atoms with Crippen LogP contribution in [0.5, 0.6) is 0 Å². The lowest BCUT2D eigenvalue weighted by Gasteiger charge is -2.26. The summed E-state index contributed by atoms with van der Waals surface area (Å²) in [7, 11) is 0. The Kier molecular flexibility index (Phi) is 4.42. The van der Waals surface area contributed by atoms with Crippen LogP contribution in [0.3, 0.4) is 0 Å². The van der Waals surface area contributed by atoms with Crippen molar-refractivity contribution in [1.29, 1.82) is 0 Å². The number of rotatable bonds is 4. The molecule has 0 saturated heterocycles. The molecule has 0 amide bonds. The average molecular weight is 285 g/mol. The van der Waals surface area contributed by atoms with Gasteiger partial charge in [0, 0.05) is 12.6 Å².